The van der Waals surface area contributed by atoms with Gasteiger partial charge in [-0.15, -0.1) is 22.6 Å². The Morgan fingerprint density at radius 2 is 1.71 bits per heavy atom. The molecule has 1 aliphatic rings. The fourth-order valence-electron chi connectivity index (χ4n) is 3.44. The van der Waals surface area contributed by atoms with Gasteiger partial charge in [0.05, 0.1) is 6.61 Å². The molecule has 7 nitrogen and oxygen atoms in total. The van der Waals surface area contributed by atoms with E-state index in [4.69, 9.17) is 9.47 Å². The molecule has 0 aliphatic carbocycles. The predicted octanol–water partition coefficient (Wildman–Crippen LogP) is 3.57. The van der Waals surface area contributed by atoms with Gasteiger partial charge in [0.25, 0.3) is 5.91 Å². The summed E-state index contributed by atoms with van der Waals surface area (Å²) >= 11 is 0. The zero-order chi connectivity index (χ0) is 20.8. The first kappa shape index (κ1) is 22.6. The summed E-state index contributed by atoms with van der Waals surface area (Å²) in [6.07, 6.45) is 0.935. The van der Waals surface area contributed by atoms with E-state index >= 15 is 0 Å². The minimum atomic E-state index is -0.00259. The molecule has 1 fully saturated rings. The highest BCUT2D eigenvalue weighted by Crippen LogP contribution is 2.21. The Labute approximate surface area is 188 Å². The fourth-order valence-corrected chi connectivity index (χ4v) is 3.44. The van der Waals surface area contributed by atoms with Gasteiger partial charge in [-0.3, -0.25) is 4.79 Å². The average molecular weight is 443 g/mol. The van der Waals surface area contributed by atoms with Crippen LogP contribution in [0.3, 0.4) is 0 Å². The van der Waals surface area contributed by atoms with Crippen molar-refractivity contribution in [2.24, 2.45) is 0 Å². The van der Waals surface area contributed by atoms with Crippen molar-refractivity contribution >= 4 is 34.9 Å². The van der Waals surface area contributed by atoms with E-state index in [2.05, 4.69) is 28.1 Å². The van der Waals surface area contributed by atoms with Crippen LogP contribution in [0.2, 0.25) is 0 Å². The lowest BCUT2D eigenvalue weighted by Gasteiger charge is -2.35. The lowest BCUT2D eigenvalue weighted by atomic mass is 10.1. The van der Waals surface area contributed by atoms with Crippen LogP contribution in [0.4, 0.5) is 5.82 Å². The van der Waals surface area contributed by atoms with Gasteiger partial charge in [0.15, 0.2) is 12.4 Å². The number of amides is 1. The van der Waals surface area contributed by atoms with Gasteiger partial charge in [0, 0.05) is 32.2 Å². The molecule has 1 amide bonds. The van der Waals surface area contributed by atoms with Crippen molar-refractivity contribution in [3.05, 3.63) is 54.6 Å². The van der Waals surface area contributed by atoms with Gasteiger partial charge in [0.2, 0.25) is 5.88 Å². The monoisotopic (exact) mass is 442 g/mol. The predicted molar refractivity (Wildman–Crippen MR) is 123 cm³/mol. The van der Waals surface area contributed by atoms with Crippen LogP contribution in [0, 0.1) is 0 Å². The van der Waals surface area contributed by atoms with E-state index in [9.17, 15) is 4.79 Å². The van der Waals surface area contributed by atoms with Crippen LogP contribution in [0.1, 0.15) is 13.3 Å². The molecule has 0 atom stereocenters. The Hall–Kier alpha value is -3.06. The number of fused-ring (bicyclic) bond motifs is 1. The molecular weight excluding hydrogens is 416 g/mol. The maximum Gasteiger partial charge on any atom is 0.260 e. The summed E-state index contributed by atoms with van der Waals surface area (Å²) in [5, 5.41) is 10.6. The Morgan fingerprint density at radius 3 is 2.42 bits per heavy atom. The highest BCUT2D eigenvalue weighted by atomic mass is 35.5. The smallest absolute Gasteiger partial charge is 0.260 e. The number of halogens is 1. The number of nitrogens with zero attached hydrogens (tertiary/aromatic N) is 4. The lowest BCUT2D eigenvalue weighted by molar-refractivity contribution is -0.133. The Kier molecular flexibility index (Phi) is 7.89. The third kappa shape index (κ3) is 5.76. The topological polar surface area (TPSA) is 67.8 Å². The van der Waals surface area contributed by atoms with Gasteiger partial charge in [0.1, 0.15) is 5.75 Å². The van der Waals surface area contributed by atoms with E-state index in [-0.39, 0.29) is 24.9 Å². The average Bonchev–Trinajstić information content (AvgIpc) is 2.81. The van der Waals surface area contributed by atoms with E-state index in [1.165, 1.54) is 0 Å². The number of anilines is 1. The number of ether oxygens (including phenoxy) is 2. The van der Waals surface area contributed by atoms with E-state index < -0.39 is 0 Å². The van der Waals surface area contributed by atoms with Crippen LogP contribution in [0.25, 0.3) is 10.8 Å². The number of carbonyl (C=O) groups is 1. The van der Waals surface area contributed by atoms with E-state index in [0.717, 1.165) is 23.0 Å². The van der Waals surface area contributed by atoms with Gasteiger partial charge >= 0.3 is 0 Å². The summed E-state index contributed by atoms with van der Waals surface area (Å²) in [7, 11) is 0. The van der Waals surface area contributed by atoms with Crippen LogP contribution in [0.15, 0.2) is 54.6 Å². The summed E-state index contributed by atoms with van der Waals surface area (Å²) < 4.78 is 11.2. The van der Waals surface area contributed by atoms with Gasteiger partial charge < -0.3 is 19.3 Å². The lowest BCUT2D eigenvalue weighted by Crippen LogP contribution is -2.50. The second-order valence-electron chi connectivity index (χ2n) is 7.24. The highest BCUT2D eigenvalue weighted by Gasteiger charge is 2.22. The minimum absolute atomic E-state index is 0. The van der Waals surface area contributed by atoms with Crippen LogP contribution < -0.4 is 14.4 Å². The molecule has 31 heavy (non-hydrogen) atoms. The van der Waals surface area contributed by atoms with Gasteiger partial charge in [-0.1, -0.05) is 37.3 Å². The SMILES string of the molecule is CCCOc1ccc(N2CCN(C(=O)COc3ccc4ccccc4c3)CC2)nn1.Cl. The second kappa shape index (κ2) is 10.8. The summed E-state index contributed by atoms with van der Waals surface area (Å²) in [4.78, 5) is 16.5. The first-order chi connectivity index (χ1) is 14.7. The summed E-state index contributed by atoms with van der Waals surface area (Å²) in [6.45, 7) is 5.43. The number of rotatable bonds is 7. The highest BCUT2D eigenvalue weighted by molar-refractivity contribution is 5.85. The number of carbonyl (C=O) groups excluding carboxylic acids is 1. The van der Waals surface area contributed by atoms with Crippen molar-refractivity contribution in [3.8, 4) is 11.6 Å². The van der Waals surface area contributed by atoms with Crippen molar-refractivity contribution in [2.75, 3.05) is 44.3 Å². The number of hydrogen-bond donors (Lipinski definition) is 0. The minimum Gasteiger partial charge on any atom is -0.484 e. The molecule has 0 bridgehead atoms. The summed E-state index contributed by atoms with van der Waals surface area (Å²) in [5.74, 6) is 2.05. The van der Waals surface area contributed by atoms with Crippen LogP contribution in [-0.4, -0.2) is 60.4 Å². The van der Waals surface area contributed by atoms with E-state index in [1.54, 1.807) is 0 Å². The van der Waals surface area contributed by atoms with Gasteiger partial charge in [-0.05, 0) is 35.4 Å². The van der Waals surface area contributed by atoms with Crippen molar-refractivity contribution in [2.45, 2.75) is 13.3 Å². The molecule has 1 aromatic heterocycles. The van der Waals surface area contributed by atoms with Gasteiger partial charge in [-0.2, -0.15) is 0 Å². The fraction of sp³-hybridized carbons (Fsp3) is 0.348. The molecule has 0 spiro atoms. The molecule has 164 valence electrons. The zero-order valence-corrected chi connectivity index (χ0v) is 18.4. The third-order valence-corrected chi connectivity index (χ3v) is 5.12. The number of benzene rings is 2. The zero-order valence-electron chi connectivity index (χ0n) is 17.6. The molecule has 1 aliphatic heterocycles. The molecule has 2 heterocycles. The summed E-state index contributed by atoms with van der Waals surface area (Å²) in [5.41, 5.74) is 0. The van der Waals surface area contributed by atoms with Crippen molar-refractivity contribution in [1.82, 2.24) is 15.1 Å². The molecule has 1 saturated heterocycles. The Bertz CT molecular complexity index is 992. The second-order valence-corrected chi connectivity index (χ2v) is 7.24. The maximum absolute atomic E-state index is 12.6. The molecule has 3 aromatic rings. The van der Waals surface area contributed by atoms with Crippen molar-refractivity contribution in [3.63, 3.8) is 0 Å². The quantitative estimate of drug-likeness (QED) is 0.557. The normalized spacial score (nSPS) is 13.6. The summed E-state index contributed by atoms with van der Waals surface area (Å²) in [6, 6.07) is 17.7. The van der Waals surface area contributed by atoms with Crippen molar-refractivity contribution in [1.29, 1.82) is 0 Å². The number of aromatic nitrogens is 2. The van der Waals surface area contributed by atoms with Crippen LogP contribution >= 0.6 is 12.4 Å². The molecule has 0 saturated carbocycles. The third-order valence-electron chi connectivity index (χ3n) is 5.12. The van der Waals surface area contributed by atoms with Crippen molar-refractivity contribution < 1.29 is 14.3 Å². The van der Waals surface area contributed by atoms with Gasteiger partial charge in [-0.25, -0.2) is 0 Å². The first-order valence-electron chi connectivity index (χ1n) is 10.3. The van der Waals surface area contributed by atoms with Crippen LogP contribution in [-0.2, 0) is 4.79 Å². The molecule has 0 radical (unpaired) electrons. The number of hydrogen-bond acceptors (Lipinski definition) is 6. The maximum atomic E-state index is 12.6. The molecular formula is C23H27ClN4O3. The van der Waals surface area contributed by atoms with Crippen LogP contribution in [0.5, 0.6) is 11.6 Å². The molecule has 0 unspecified atom stereocenters. The molecule has 8 heteroatoms. The Balaban J connectivity index is 0.00000272. The van der Waals surface area contributed by atoms with E-state index in [1.807, 2.05) is 53.4 Å². The standard InChI is InChI=1S/C23H26N4O3.ClH/c1-2-15-29-22-10-9-21(24-25-22)26-11-13-27(14-12-26)23(28)17-30-20-8-7-18-5-3-4-6-19(18)16-20;/h3-10,16H,2,11-15,17H2,1H3;1H. The Morgan fingerprint density at radius 1 is 0.935 bits per heavy atom. The number of piperazine rings is 1. The molecule has 0 N–H and O–H groups in total. The van der Waals surface area contributed by atoms with E-state index in [0.29, 0.717) is 44.4 Å². The first-order valence-corrected chi connectivity index (χ1v) is 10.3. The molecule has 2 aromatic carbocycles. The largest absolute Gasteiger partial charge is 0.484 e. The molecule has 4 rings (SSSR count).